The highest BCUT2D eigenvalue weighted by molar-refractivity contribution is 7.89. The van der Waals surface area contributed by atoms with E-state index >= 15 is 0 Å². The maximum absolute atomic E-state index is 13.2. The van der Waals surface area contributed by atoms with Crippen molar-refractivity contribution in [3.05, 3.63) is 45.8 Å². The zero-order valence-corrected chi connectivity index (χ0v) is 24.7. The summed E-state index contributed by atoms with van der Waals surface area (Å²) in [6.07, 6.45) is 3.38. The molecule has 39 heavy (non-hydrogen) atoms. The molecule has 0 unspecified atom stereocenters. The molecule has 0 bridgehead atoms. The number of fused-ring (bicyclic) bond motifs is 1. The molecule has 2 aromatic rings. The number of nitrogens with zero attached hydrogens (tertiary/aromatic N) is 2. The summed E-state index contributed by atoms with van der Waals surface area (Å²) >= 11 is 1.25. The zero-order chi connectivity index (χ0) is 28.6. The largest absolute Gasteiger partial charge is 0.450 e. The lowest BCUT2D eigenvalue weighted by atomic mass is 10.0. The van der Waals surface area contributed by atoms with E-state index in [9.17, 15) is 22.8 Å². The highest BCUT2D eigenvalue weighted by atomic mass is 32.2. The molecule has 10 nitrogen and oxygen atoms in total. The Morgan fingerprint density at radius 3 is 2.23 bits per heavy atom. The van der Waals surface area contributed by atoms with Crippen LogP contribution in [0.2, 0.25) is 0 Å². The molecule has 0 saturated heterocycles. The van der Waals surface area contributed by atoms with Gasteiger partial charge < -0.3 is 20.3 Å². The number of carbonyl (C=O) groups excluding carboxylic acids is 3. The first kappa shape index (κ1) is 30.6. The maximum Gasteiger partial charge on any atom is 0.410 e. The Hall–Kier alpha value is -2.96. The molecule has 3 rings (SSSR count). The van der Waals surface area contributed by atoms with Crippen molar-refractivity contribution in [1.82, 2.24) is 14.5 Å². The van der Waals surface area contributed by atoms with Gasteiger partial charge in [0.2, 0.25) is 10.0 Å². The molecule has 12 heteroatoms. The van der Waals surface area contributed by atoms with Crippen LogP contribution in [0.3, 0.4) is 0 Å². The Labute approximate surface area is 234 Å². The van der Waals surface area contributed by atoms with Crippen LogP contribution in [-0.4, -0.2) is 68.8 Å². The number of ether oxygens (including phenoxy) is 1. The Balaban J connectivity index is 1.82. The topological polar surface area (TPSA) is 125 Å². The quantitative estimate of drug-likeness (QED) is 0.383. The van der Waals surface area contributed by atoms with Gasteiger partial charge in [-0.05, 0) is 56.0 Å². The van der Waals surface area contributed by atoms with E-state index < -0.39 is 22.0 Å². The number of carbonyl (C=O) groups is 3. The van der Waals surface area contributed by atoms with Crippen molar-refractivity contribution in [2.75, 3.05) is 38.6 Å². The second-order valence-electron chi connectivity index (χ2n) is 9.25. The fourth-order valence-corrected chi connectivity index (χ4v) is 7.12. The predicted octanol–water partition coefficient (Wildman–Crippen LogP) is 4.47. The third-order valence-electron chi connectivity index (χ3n) is 6.54. The van der Waals surface area contributed by atoms with Gasteiger partial charge >= 0.3 is 6.09 Å². The molecule has 0 saturated carbocycles. The Kier molecular flexibility index (Phi) is 10.9. The minimum Gasteiger partial charge on any atom is -0.450 e. The number of nitrogens with one attached hydrogen (secondary N) is 2. The van der Waals surface area contributed by atoms with E-state index in [0.717, 1.165) is 36.1 Å². The number of hydrogen-bond donors (Lipinski definition) is 2. The summed E-state index contributed by atoms with van der Waals surface area (Å²) in [6.45, 7) is 7.67. The summed E-state index contributed by atoms with van der Waals surface area (Å²) in [4.78, 5) is 40.6. The highest BCUT2D eigenvalue weighted by Gasteiger charge is 2.31. The number of sulfonamides is 1. The molecule has 0 fully saturated rings. The molecule has 214 valence electrons. The first-order chi connectivity index (χ1) is 18.7. The van der Waals surface area contributed by atoms with E-state index in [1.807, 2.05) is 13.8 Å². The SMILES string of the molecule is CCCCN(CCCC)S(=O)(=O)c1ccc(C(=O)Nc2sc3c(c2C(=O)NC)CCN(C(=O)OCC)C3)cc1. The van der Waals surface area contributed by atoms with Gasteiger partial charge in [0, 0.05) is 37.1 Å². The van der Waals surface area contributed by atoms with Crippen LogP contribution in [-0.2, 0) is 27.7 Å². The molecule has 0 radical (unpaired) electrons. The van der Waals surface area contributed by atoms with Crippen LogP contribution in [0, 0.1) is 0 Å². The Morgan fingerprint density at radius 2 is 1.67 bits per heavy atom. The number of anilines is 1. The molecular weight excluding hydrogens is 540 g/mol. The van der Waals surface area contributed by atoms with Crippen LogP contribution >= 0.6 is 11.3 Å². The Bertz CT molecular complexity index is 1270. The van der Waals surface area contributed by atoms with Gasteiger partial charge in [-0.2, -0.15) is 4.31 Å². The summed E-state index contributed by atoms with van der Waals surface area (Å²) in [7, 11) is -2.16. The average Bonchev–Trinajstić information content (AvgIpc) is 3.29. The second kappa shape index (κ2) is 13.9. The number of thiophene rings is 1. The Morgan fingerprint density at radius 1 is 1.03 bits per heavy atom. The fraction of sp³-hybridized carbons (Fsp3) is 0.519. The van der Waals surface area contributed by atoms with E-state index in [1.165, 1.54) is 47.0 Å². The van der Waals surface area contributed by atoms with Gasteiger partial charge in [0.15, 0.2) is 0 Å². The van der Waals surface area contributed by atoms with E-state index in [4.69, 9.17) is 4.74 Å². The molecule has 3 amide bonds. The first-order valence-electron chi connectivity index (χ1n) is 13.4. The van der Waals surface area contributed by atoms with Gasteiger partial charge in [-0.1, -0.05) is 26.7 Å². The molecule has 1 aromatic carbocycles. The zero-order valence-electron chi connectivity index (χ0n) is 23.0. The minimum atomic E-state index is -3.68. The number of hydrogen-bond acceptors (Lipinski definition) is 7. The average molecular weight is 579 g/mol. The van der Waals surface area contributed by atoms with Crippen molar-refractivity contribution >= 4 is 44.3 Å². The number of benzene rings is 1. The van der Waals surface area contributed by atoms with Crippen LogP contribution < -0.4 is 10.6 Å². The third-order valence-corrected chi connectivity index (χ3v) is 9.59. The lowest BCUT2D eigenvalue weighted by Crippen LogP contribution is -2.36. The van der Waals surface area contributed by atoms with Crippen LogP contribution in [0.5, 0.6) is 0 Å². The molecule has 2 N–H and O–H groups in total. The molecule has 0 atom stereocenters. The van der Waals surface area contributed by atoms with Crippen molar-refractivity contribution < 1.29 is 27.5 Å². The van der Waals surface area contributed by atoms with Gasteiger partial charge in [-0.3, -0.25) is 9.59 Å². The van der Waals surface area contributed by atoms with Gasteiger partial charge in [-0.25, -0.2) is 13.2 Å². The minimum absolute atomic E-state index is 0.142. The first-order valence-corrected chi connectivity index (χ1v) is 15.6. The number of amides is 3. The van der Waals surface area contributed by atoms with Gasteiger partial charge in [0.05, 0.1) is 23.6 Å². The molecule has 0 aliphatic carbocycles. The summed E-state index contributed by atoms with van der Waals surface area (Å²) in [6, 6.07) is 5.86. The maximum atomic E-state index is 13.2. The smallest absolute Gasteiger partial charge is 0.410 e. The molecule has 2 heterocycles. The summed E-state index contributed by atoms with van der Waals surface area (Å²) in [5.41, 5.74) is 1.46. The van der Waals surface area contributed by atoms with E-state index in [2.05, 4.69) is 10.6 Å². The van der Waals surface area contributed by atoms with Crippen molar-refractivity contribution in [3.8, 4) is 0 Å². The van der Waals surface area contributed by atoms with Crippen LogP contribution in [0.25, 0.3) is 0 Å². The van der Waals surface area contributed by atoms with Gasteiger partial charge in [0.25, 0.3) is 11.8 Å². The van der Waals surface area contributed by atoms with E-state index in [0.29, 0.717) is 36.6 Å². The van der Waals surface area contributed by atoms with Crippen molar-refractivity contribution in [1.29, 1.82) is 0 Å². The molecular formula is C27H38N4O6S2. The summed E-state index contributed by atoms with van der Waals surface area (Å²) < 4.78 is 33.1. The molecule has 1 aromatic heterocycles. The lowest BCUT2D eigenvalue weighted by Gasteiger charge is -2.26. The normalized spacial score (nSPS) is 13.2. The van der Waals surface area contributed by atoms with Crippen LogP contribution in [0.1, 0.15) is 77.6 Å². The molecule has 1 aliphatic heterocycles. The van der Waals surface area contributed by atoms with E-state index in [-0.39, 0.29) is 29.5 Å². The van der Waals surface area contributed by atoms with Gasteiger partial charge in [-0.15, -0.1) is 11.3 Å². The van der Waals surface area contributed by atoms with Crippen LogP contribution in [0.15, 0.2) is 29.2 Å². The highest BCUT2D eigenvalue weighted by Crippen LogP contribution is 2.37. The van der Waals surface area contributed by atoms with Gasteiger partial charge in [0.1, 0.15) is 5.00 Å². The third kappa shape index (κ3) is 7.17. The standard InChI is InChI=1S/C27H38N4O6S2/c1-5-8-15-31(16-9-6-2)39(35,36)20-12-10-19(11-13-20)24(32)29-26-23(25(33)28-4)21-14-17-30(18-22(21)38-26)27(34)37-7-3/h10-13H,5-9,14-18H2,1-4H3,(H,28,33)(H,29,32). The predicted molar refractivity (Wildman–Crippen MR) is 152 cm³/mol. The second-order valence-corrected chi connectivity index (χ2v) is 12.3. The van der Waals surface area contributed by atoms with Crippen molar-refractivity contribution in [2.24, 2.45) is 0 Å². The van der Waals surface area contributed by atoms with Crippen LogP contribution in [0.4, 0.5) is 9.80 Å². The fourth-order valence-electron chi connectivity index (χ4n) is 4.35. The molecule has 0 spiro atoms. The monoisotopic (exact) mass is 578 g/mol. The molecule has 1 aliphatic rings. The lowest BCUT2D eigenvalue weighted by molar-refractivity contribution is 0.0961. The van der Waals surface area contributed by atoms with E-state index in [1.54, 1.807) is 11.8 Å². The summed E-state index contributed by atoms with van der Waals surface area (Å²) in [5.74, 6) is -0.785. The summed E-state index contributed by atoms with van der Waals surface area (Å²) in [5, 5.41) is 5.84. The number of unbranched alkanes of at least 4 members (excludes halogenated alkanes) is 2. The van der Waals surface area contributed by atoms with Crippen molar-refractivity contribution in [2.45, 2.75) is 64.3 Å². The number of rotatable bonds is 12. The van der Waals surface area contributed by atoms with Crippen molar-refractivity contribution in [3.63, 3.8) is 0 Å².